The summed E-state index contributed by atoms with van der Waals surface area (Å²) in [6.07, 6.45) is 3.31. The minimum atomic E-state index is 0.475. The third-order valence-electron chi connectivity index (χ3n) is 12.1. The van der Waals surface area contributed by atoms with Crippen molar-refractivity contribution < 1.29 is 0 Å². The minimum absolute atomic E-state index is 0.475. The zero-order chi connectivity index (χ0) is 36.3. The van der Waals surface area contributed by atoms with Crippen molar-refractivity contribution in [1.82, 2.24) is 4.57 Å². The number of aromatic nitrogens is 1. The molecule has 0 spiro atoms. The van der Waals surface area contributed by atoms with Crippen LogP contribution in [0.4, 0.5) is 0 Å². The van der Waals surface area contributed by atoms with Gasteiger partial charge in [-0.15, -0.1) is 0 Å². The maximum absolute atomic E-state index is 2.47. The molecule has 1 aliphatic rings. The number of benzene rings is 9. The summed E-state index contributed by atoms with van der Waals surface area (Å²) in [5.74, 6) is 0.475. The molecular formula is C54H39N. The number of hydrogen-bond acceptors (Lipinski definition) is 0. The van der Waals surface area contributed by atoms with Gasteiger partial charge in [-0.25, -0.2) is 0 Å². The fraction of sp³-hybridized carbons (Fsp3) is 0.0741. The molecule has 0 amide bonds. The Morgan fingerprint density at radius 3 is 2.04 bits per heavy atom. The van der Waals surface area contributed by atoms with Crippen molar-refractivity contribution in [3.05, 3.63) is 211 Å². The first-order chi connectivity index (χ1) is 27.3. The van der Waals surface area contributed by atoms with E-state index in [1.165, 1.54) is 99.1 Å². The second-order valence-electron chi connectivity index (χ2n) is 15.2. The van der Waals surface area contributed by atoms with Crippen molar-refractivity contribution >= 4 is 43.4 Å². The van der Waals surface area contributed by atoms with Gasteiger partial charge < -0.3 is 4.57 Å². The maximum atomic E-state index is 2.47. The predicted molar refractivity (Wildman–Crippen MR) is 233 cm³/mol. The third-order valence-corrected chi connectivity index (χ3v) is 12.1. The number of hydrogen-bond donors (Lipinski definition) is 0. The van der Waals surface area contributed by atoms with Gasteiger partial charge in [0.2, 0.25) is 0 Å². The summed E-state index contributed by atoms with van der Waals surface area (Å²) >= 11 is 0. The molecule has 1 atom stereocenters. The van der Waals surface area contributed by atoms with Crippen LogP contribution in [0.1, 0.15) is 29.0 Å². The van der Waals surface area contributed by atoms with Gasteiger partial charge in [-0.2, -0.15) is 0 Å². The molecule has 0 aliphatic heterocycles. The standard InChI is InChI=1S/C54H39N/c1-2-13-36(14-3-1)31-42-26-25-37-15-4-6-19-44(37)51-33-38(27-29-46(42)51)39-28-30-54-52(34-39)49-23-10-11-24-53(49)55(54)43-18-12-17-40(32-43)50-35-41-16-5-7-20-45(41)47-21-8-9-22-48(47)50/h1-24,27-30,32-35,42H,25-26,31H2. The number of aryl methyl sites for hydroxylation is 1. The lowest BCUT2D eigenvalue weighted by Gasteiger charge is -2.19. The van der Waals surface area contributed by atoms with Gasteiger partial charge in [0.1, 0.15) is 0 Å². The Morgan fingerprint density at radius 2 is 1.13 bits per heavy atom. The first-order valence-corrected chi connectivity index (χ1v) is 19.6. The average molecular weight is 702 g/mol. The second kappa shape index (κ2) is 13.0. The van der Waals surface area contributed by atoms with Crippen LogP contribution in [-0.4, -0.2) is 4.57 Å². The van der Waals surface area contributed by atoms with Gasteiger partial charge in [0, 0.05) is 16.5 Å². The van der Waals surface area contributed by atoms with E-state index in [1.807, 2.05) is 0 Å². The van der Waals surface area contributed by atoms with Gasteiger partial charge in [-0.3, -0.25) is 0 Å². The molecule has 0 fully saturated rings. The zero-order valence-corrected chi connectivity index (χ0v) is 30.6. The van der Waals surface area contributed by atoms with E-state index in [0.717, 1.165) is 19.3 Å². The molecule has 1 unspecified atom stereocenters. The van der Waals surface area contributed by atoms with Crippen LogP contribution < -0.4 is 0 Å². The van der Waals surface area contributed by atoms with Crippen LogP contribution in [0.5, 0.6) is 0 Å². The predicted octanol–water partition coefficient (Wildman–Crippen LogP) is 14.4. The van der Waals surface area contributed by atoms with Gasteiger partial charge in [-0.1, -0.05) is 152 Å². The lowest BCUT2D eigenvalue weighted by molar-refractivity contribution is 0.629. The van der Waals surface area contributed by atoms with Crippen molar-refractivity contribution in [2.75, 3.05) is 0 Å². The average Bonchev–Trinajstić information content (AvgIpc) is 3.50. The van der Waals surface area contributed by atoms with Crippen LogP contribution >= 0.6 is 0 Å². The highest BCUT2D eigenvalue weighted by molar-refractivity contribution is 6.14. The van der Waals surface area contributed by atoms with E-state index < -0.39 is 0 Å². The molecular weight excluding hydrogens is 663 g/mol. The highest BCUT2D eigenvalue weighted by Crippen LogP contribution is 2.43. The van der Waals surface area contributed by atoms with Crippen molar-refractivity contribution in [2.45, 2.75) is 25.2 Å². The number of nitrogens with zero attached hydrogens (tertiary/aromatic N) is 1. The van der Waals surface area contributed by atoms with Crippen LogP contribution in [0.25, 0.3) is 82.4 Å². The highest BCUT2D eigenvalue weighted by Gasteiger charge is 2.24. The lowest BCUT2D eigenvalue weighted by Crippen LogP contribution is -2.04. The molecule has 1 heteroatoms. The van der Waals surface area contributed by atoms with Crippen molar-refractivity contribution in [3.63, 3.8) is 0 Å². The summed E-state index contributed by atoms with van der Waals surface area (Å²) in [6, 6.07) is 72.3. The first-order valence-electron chi connectivity index (χ1n) is 19.6. The molecule has 0 N–H and O–H groups in total. The Labute approximate surface area is 321 Å². The summed E-state index contributed by atoms with van der Waals surface area (Å²) in [4.78, 5) is 0. The summed E-state index contributed by atoms with van der Waals surface area (Å²) in [5, 5.41) is 7.66. The molecule has 1 nitrogen and oxygen atoms in total. The molecule has 0 bridgehead atoms. The Kier molecular flexibility index (Phi) is 7.52. The van der Waals surface area contributed by atoms with E-state index in [1.54, 1.807) is 0 Å². The maximum Gasteiger partial charge on any atom is 0.0541 e. The molecule has 55 heavy (non-hydrogen) atoms. The Morgan fingerprint density at radius 1 is 0.418 bits per heavy atom. The number of rotatable bonds is 5. The minimum Gasteiger partial charge on any atom is -0.309 e. The van der Waals surface area contributed by atoms with Crippen LogP contribution in [0.2, 0.25) is 0 Å². The van der Waals surface area contributed by atoms with Crippen molar-refractivity contribution in [3.8, 4) is 39.1 Å². The van der Waals surface area contributed by atoms with E-state index in [-0.39, 0.29) is 0 Å². The van der Waals surface area contributed by atoms with Gasteiger partial charge >= 0.3 is 0 Å². The van der Waals surface area contributed by atoms with Crippen LogP contribution in [-0.2, 0) is 12.8 Å². The molecule has 0 saturated carbocycles. The van der Waals surface area contributed by atoms with Gasteiger partial charge in [0.25, 0.3) is 0 Å². The fourth-order valence-electron chi connectivity index (χ4n) is 9.46. The Hall–Kier alpha value is -6.70. The summed E-state index contributed by atoms with van der Waals surface area (Å²) in [6.45, 7) is 0. The molecule has 10 aromatic rings. The van der Waals surface area contributed by atoms with Gasteiger partial charge in [0.05, 0.1) is 11.0 Å². The highest BCUT2D eigenvalue weighted by atomic mass is 15.0. The normalized spacial score (nSPS) is 13.9. The Balaban J connectivity index is 1.04. The van der Waals surface area contributed by atoms with Crippen molar-refractivity contribution in [1.29, 1.82) is 0 Å². The van der Waals surface area contributed by atoms with Crippen LogP contribution in [0.3, 0.4) is 0 Å². The lowest BCUT2D eigenvalue weighted by atomic mass is 9.85. The van der Waals surface area contributed by atoms with Crippen molar-refractivity contribution in [2.24, 2.45) is 0 Å². The molecule has 260 valence electrons. The van der Waals surface area contributed by atoms with E-state index >= 15 is 0 Å². The number of para-hydroxylation sites is 1. The number of fused-ring (bicyclic) bond motifs is 9. The van der Waals surface area contributed by atoms with E-state index in [9.17, 15) is 0 Å². The molecule has 0 saturated heterocycles. The molecule has 9 aromatic carbocycles. The Bertz CT molecular complexity index is 3070. The van der Waals surface area contributed by atoms with Gasteiger partial charge in [-0.05, 0) is 139 Å². The molecule has 1 aromatic heterocycles. The monoisotopic (exact) mass is 701 g/mol. The van der Waals surface area contributed by atoms with E-state index in [0.29, 0.717) is 5.92 Å². The topological polar surface area (TPSA) is 4.93 Å². The fourth-order valence-corrected chi connectivity index (χ4v) is 9.46. The second-order valence-corrected chi connectivity index (χ2v) is 15.2. The third kappa shape index (κ3) is 5.38. The summed E-state index contributed by atoms with van der Waals surface area (Å²) in [5.41, 5.74) is 15.7. The smallest absolute Gasteiger partial charge is 0.0541 e. The summed E-state index contributed by atoms with van der Waals surface area (Å²) < 4.78 is 2.45. The SMILES string of the molecule is c1ccc(CC2CCc3ccccc3-c3cc(-c4ccc5c(c4)c4ccccc4n5-c4cccc(-c5cc6ccccc6c6ccccc56)c4)ccc32)cc1. The molecule has 11 rings (SSSR count). The summed E-state index contributed by atoms with van der Waals surface area (Å²) in [7, 11) is 0. The molecule has 0 radical (unpaired) electrons. The largest absolute Gasteiger partial charge is 0.309 e. The zero-order valence-electron chi connectivity index (χ0n) is 30.6. The molecule has 1 aliphatic carbocycles. The van der Waals surface area contributed by atoms with E-state index in [4.69, 9.17) is 0 Å². The quantitative estimate of drug-likeness (QED) is 0.157. The molecule has 1 heterocycles. The van der Waals surface area contributed by atoms with Gasteiger partial charge in [0.15, 0.2) is 0 Å². The van der Waals surface area contributed by atoms with E-state index in [2.05, 4.69) is 199 Å². The van der Waals surface area contributed by atoms with Crippen LogP contribution in [0, 0.1) is 0 Å². The first kappa shape index (κ1) is 31.8. The van der Waals surface area contributed by atoms with Crippen LogP contribution in [0.15, 0.2) is 194 Å².